The molecule has 2 rings (SSSR count). The van der Waals surface area contributed by atoms with Gasteiger partial charge in [0, 0.05) is 11.1 Å². The minimum Gasteiger partial charge on any atom is -0.409 e. The van der Waals surface area contributed by atoms with E-state index in [0.717, 1.165) is 10.8 Å². The normalized spacial score (nSPS) is 13.2. The Labute approximate surface area is 110 Å². The van der Waals surface area contributed by atoms with E-state index in [9.17, 15) is 4.79 Å². The lowest BCUT2D eigenvalue weighted by molar-refractivity contribution is -0.117. The van der Waals surface area contributed by atoms with Crippen molar-refractivity contribution in [2.45, 2.75) is 6.92 Å². The van der Waals surface area contributed by atoms with Crippen LogP contribution in [0, 0.1) is 5.92 Å². The van der Waals surface area contributed by atoms with Crippen LogP contribution in [0.4, 0.5) is 5.69 Å². The van der Waals surface area contributed by atoms with Crippen LogP contribution in [-0.2, 0) is 4.79 Å². The molecule has 5 heteroatoms. The van der Waals surface area contributed by atoms with Crippen LogP contribution in [0.25, 0.3) is 10.8 Å². The Balaban J connectivity index is 2.29. The van der Waals surface area contributed by atoms with E-state index in [1.165, 1.54) is 0 Å². The lowest BCUT2D eigenvalue weighted by atomic mass is 10.1. The SMILES string of the molecule is CC(C(=O)Nc1cccc2ccccc12)C(N)=NO. The van der Waals surface area contributed by atoms with Crippen LogP contribution < -0.4 is 11.1 Å². The Morgan fingerprint density at radius 3 is 2.68 bits per heavy atom. The lowest BCUT2D eigenvalue weighted by Gasteiger charge is -2.12. The van der Waals surface area contributed by atoms with Crippen molar-refractivity contribution in [3.63, 3.8) is 0 Å². The maximum absolute atomic E-state index is 12.0. The topological polar surface area (TPSA) is 87.7 Å². The van der Waals surface area contributed by atoms with Crippen LogP contribution in [0.15, 0.2) is 47.6 Å². The van der Waals surface area contributed by atoms with E-state index in [1.54, 1.807) is 6.92 Å². The van der Waals surface area contributed by atoms with Crippen molar-refractivity contribution in [3.8, 4) is 0 Å². The standard InChI is InChI=1S/C14H15N3O2/c1-9(13(15)17-19)14(18)16-12-8-4-6-10-5-2-3-7-11(10)12/h2-9,19H,1H3,(H2,15,17)(H,16,18). The van der Waals surface area contributed by atoms with E-state index in [0.29, 0.717) is 5.69 Å². The van der Waals surface area contributed by atoms with Gasteiger partial charge in [0.25, 0.3) is 0 Å². The number of nitrogens with zero attached hydrogens (tertiary/aromatic N) is 1. The average Bonchev–Trinajstić information content (AvgIpc) is 2.46. The van der Waals surface area contributed by atoms with Gasteiger partial charge in [-0.25, -0.2) is 0 Å². The van der Waals surface area contributed by atoms with Gasteiger partial charge in [-0.1, -0.05) is 41.6 Å². The minimum absolute atomic E-state index is 0.113. The third-order valence-electron chi connectivity index (χ3n) is 3.00. The molecule has 0 aromatic heterocycles. The van der Waals surface area contributed by atoms with Crippen molar-refractivity contribution < 1.29 is 10.0 Å². The summed E-state index contributed by atoms with van der Waals surface area (Å²) in [5.74, 6) is -1.12. The molecular formula is C14H15N3O2. The number of carbonyl (C=O) groups is 1. The summed E-state index contributed by atoms with van der Waals surface area (Å²) in [5, 5.41) is 16.2. The first-order chi connectivity index (χ1) is 9.13. The summed E-state index contributed by atoms with van der Waals surface area (Å²) in [5.41, 5.74) is 6.13. The van der Waals surface area contributed by atoms with Gasteiger partial charge in [-0.15, -0.1) is 0 Å². The second kappa shape index (κ2) is 5.39. The molecule has 0 saturated carbocycles. The maximum Gasteiger partial charge on any atom is 0.234 e. The summed E-state index contributed by atoms with van der Waals surface area (Å²) in [6, 6.07) is 13.4. The number of carbonyl (C=O) groups excluding carboxylic acids is 1. The van der Waals surface area contributed by atoms with Crippen LogP contribution in [0.3, 0.4) is 0 Å². The second-order valence-electron chi connectivity index (χ2n) is 4.26. The largest absolute Gasteiger partial charge is 0.409 e. The smallest absolute Gasteiger partial charge is 0.234 e. The molecule has 2 aromatic carbocycles. The fraction of sp³-hybridized carbons (Fsp3) is 0.143. The molecule has 19 heavy (non-hydrogen) atoms. The average molecular weight is 257 g/mol. The van der Waals surface area contributed by atoms with Crippen molar-refractivity contribution in [1.29, 1.82) is 0 Å². The molecule has 0 spiro atoms. The summed E-state index contributed by atoms with van der Waals surface area (Å²) in [6.07, 6.45) is 0. The van der Waals surface area contributed by atoms with Crippen LogP contribution in [0.5, 0.6) is 0 Å². The number of hydrogen-bond donors (Lipinski definition) is 3. The highest BCUT2D eigenvalue weighted by molar-refractivity contribution is 6.10. The number of amides is 1. The molecule has 0 bridgehead atoms. The molecule has 0 radical (unpaired) electrons. The zero-order valence-electron chi connectivity index (χ0n) is 10.5. The molecule has 4 N–H and O–H groups in total. The number of fused-ring (bicyclic) bond motifs is 1. The fourth-order valence-corrected chi connectivity index (χ4v) is 1.80. The first-order valence-corrected chi connectivity index (χ1v) is 5.89. The maximum atomic E-state index is 12.0. The third kappa shape index (κ3) is 2.65. The zero-order chi connectivity index (χ0) is 13.8. The molecule has 2 aromatic rings. The highest BCUT2D eigenvalue weighted by Crippen LogP contribution is 2.23. The van der Waals surface area contributed by atoms with Gasteiger partial charge < -0.3 is 16.3 Å². The van der Waals surface area contributed by atoms with Gasteiger partial charge in [-0.2, -0.15) is 0 Å². The molecule has 0 aliphatic rings. The number of nitrogens with one attached hydrogen (secondary N) is 1. The van der Waals surface area contributed by atoms with Gasteiger partial charge >= 0.3 is 0 Å². The van der Waals surface area contributed by atoms with E-state index in [1.807, 2.05) is 42.5 Å². The summed E-state index contributed by atoms with van der Waals surface area (Å²) >= 11 is 0. The van der Waals surface area contributed by atoms with Gasteiger partial charge in [-0.3, -0.25) is 4.79 Å². The van der Waals surface area contributed by atoms with E-state index in [4.69, 9.17) is 10.9 Å². The summed E-state index contributed by atoms with van der Waals surface area (Å²) in [6.45, 7) is 1.58. The molecule has 0 aliphatic carbocycles. The Bertz CT molecular complexity index is 632. The monoisotopic (exact) mass is 257 g/mol. The van der Waals surface area contributed by atoms with Gasteiger partial charge in [0.05, 0.1) is 5.92 Å². The van der Waals surface area contributed by atoms with Gasteiger partial charge in [-0.05, 0) is 18.4 Å². The fourth-order valence-electron chi connectivity index (χ4n) is 1.80. The number of benzene rings is 2. The highest BCUT2D eigenvalue weighted by Gasteiger charge is 2.18. The quantitative estimate of drug-likeness (QED) is 0.341. The third-order valence-corrected chi connectivity index (χ3v) is 3.00. The molecule has 5 nitrogen and oxygen atoms in total. The molecule has 0 aliphatic heterocycles. The van der Waals surface area contributed by atoms with Crippen molar-refractivity contribution in [1.82, 2.24) is 0 Å². The molecule has 1 amide bonds. The zero-order valence-corrected chi connectivity index (χ0v) is 10.5. The Morgan fingerprint density at radius 1 is 1.26 bits per heavy atom. The predicted molar refractivity (Wildman–Crippen MR) is 75.2 cm³/mol. The van der Waals surface area contributed by atoms with Crippen molar-refractivity contribution >= 4 is 28.2 Å². The van der Waals surface area contributed by atoms with E-state index in [-0.39, 0.29) is 11.7 Å². The van der Waals surface area contributed by atoms with Crippen LogP contribution >= 0.6 is 0 Å². The second-order valence-corrected chi connectivity index (χ2v) is 4.26. The number of hydrogen-bond acceptors (Lipinski definition) is 3. The van der Waals surface area contributed by atoms with Gasteiger partial charge in [0.2, 0.25) is 5.91 Å². The first-order valence-electron chi connectivity index (χ1n) is 5.89. The summed E-state index contributed by atoms with van der Waals surface area (Å²) < 4.78 is 0. The molecule has 0 heterocycles. The number of amidine groups is 1. The van der Waals surface area contributed by atoms with Gasteiger partial charge in [0.15, 0.2) is 5.84 Å². The van der Waals surface area contributed by atoms with Crippen molar-refractivity contribution in [2.75, 3.05) is 5.32 Å². The highest BCUT2D eigenvalue weighted by atomic mass is 16.4. The van der Waals surface area contributed by atoms with Crippen molar-refractivity contribution in [3.05, 3.63) is 42.5 Å². The summed E-state index contributed by atoms with van der Waals surface area (Å²) in [7, 11) is 0. The van der Waals surface area contributed by atoms with E-state index in [2.05, 4.69) is 10.5 Å². The van der Waals surface area contributed by atoms with Crippen LogP contribution in [0.2, 0.25) is 0 Å². The molecule has 98 valence electrons. The Kier molecular flexibility index (Phi) is 3.66. The molecule has 1 atom stereocenters. The molecule has 0 fully saturated rings. The number of oxime groups is 1. The minimum atomic E-state index is -0.691. The number of rotatable bonds is 3. The predicted octanol–water partition coefficient (Wildman–Crippen LogP) is 2.16. The molecule has 1 unspecified atom stereocenters. The van der Waals surface area contributed by atoms with E-state index >= 15 is 0 Å². The number of nitrogens with two attached hydrogens (primary N) is 1. The Morgan fingerprint density at radius 2 is 1.95 bits per heavy atom. The first kappa shape index (κ1) is 12.9. The van der Waals surface area contributed by atoms with Gasteiger partial charge in [0.1, 0.15) is 0 Å². The Hall–Kier alpha value is -2.56. The van der Waals surface area contributed by atoms with Crippen molar-refractivity contribution in [2.24, 2.45) is 16.8 Å². The molecule has 0 saturated heterocycles. The van der Waals surface area contributed by atoms with Crippen LogP contribution in [-0.4, -0.2) is 17.0 Å². The number of anilines is 1. The van der Waals surface area contributed by atoms with Crippen LogP contribution in [0.1, 0.15) is 6.92 Å². The lowest BCUT2D eigenvalue weighted by Crippen LogP contribution is -2.32. The molecular weight excluding hydrogens is 242 g/mol. The van der Waals surface area contributed by atoms with E-state index < -0.39 is 5.92 Å². The summed E-state index contributed by atoms with van der Waals surface area (Å²) in [4.78, 5) is 12.0.